The SMILES string of the molecule is Cn1ncc(S(=O)(=O)N(C2CC2)[C@H]2CCC3=Cc4c(cnn4-c4ccc(F)cc4)C[C@]3(C(=O)c3cc(C(F)(F)F)ccn3)C2)n1. The number of halogens is 4. The Kier molecular flexibility index (Phi) is 6.82. The van der Waals surface area contributed by atoms with E-state index in [1.54, 1.807) is 23.0 Å². The highest BCUT2D eigenvalue weighted by atomic mass is 32.2. The number of fused-ring (bicyclic) bond motifs is 2. The number of allylic oxidation sites excluding steroid dienone is 1. The molecule has 10 nitrogen and oxygen atoms in total. The number of alkyl halides is 3. The van der Waals surface area contributed by atoms with E-state index in [-0.39, 0.29) is 29.6 Å². The number of carbonyl (C=O) groups is 1. The molecule has 3 aromatic heterocycles. The second-order valence-electron chi connectivity index (χ2n) is 11.8. The minimum Gasteiger partial charge on any atom is -0.291 e. The van der Waals surface area contributed by atoms with Gasteiger partial charge in [-0.05, 0) is 86.6 Å². The predicted octanol–water partition coefficient (Wildman–Crippen LogP) is 4.77. The molecule has 1 aromatic carbocycles. The molecule has 4 aromatic rings. The van der Waals surface area contributed by atoms with E-state index < -0.39 is 44.8 Å². The number of pyridine rings is 1. The molecule has 0 saturated heterocycles. The monoisotopic (exact) mass is 641 g/mol. The van der Waals surface area contributed by atoms with Crippen LogP contribution in [-0.4, -0.2) is 60.3 Å². The average molecular weight is 642 g/mol. The van der Waals surface area contributed by atoms with Crippen molar-refractivity contribution in [2.45, 2.75) is 61.8 Å². The van der Waals surface area contributed by atoms with Gasteiger partial charge < -0.3 is 0 Å². The summed E-state index contributed by atoms with van der Waals surface area (Å²) in [5, 5.41) is 12.2. The molecule has 0 unspecified atom stereocenters. The van der Waals surface area contributed by atoms with E-state index in [0.29, 0.717) is 48.2 Å². The van der Waals surface area contributed by atoms with Gasteiger partial charge in [-0.15, -0.1) is 5.10 Å². The van der Waals surface area contributed by atoms with Crippen LogP contribution >= 0.6 is 0 Å². The fourth-order valence-electron chi connectivity index (χ4n) is 6.64. The lowest BCUT2D eigenvalue weighted by atomic mass is 9.60. The number of ketones is 1. The number of benzene rings is 1. The predicted molar refractivity (Wildman–Crippen MR) is 152 cm³/mol. The highest BCUT2D eigenvalue weighted by molar-refractivity contribution is 7.89. The van der Waals surface area contributed by atoms with Crippen LogP contribution in [0.15, 0.2) is 65.6 Å². The van der Waals surface area contributed by atoms with Crippen LogP contribution in [-0.2, 0) is 29.7 Å². The second-order valence-corrected chi connectivity index (χ2v) is 13.6. The lowest BCUT2D eigenvalue weighted by Gasteiger charge is -2.46. The maximum Gasteiger partial charge on any atom is 0.416 e. The minimum atomic E-state index is -4.69. The molecule has 3 aliphatic carbocycles. The Labute approximate surface area is 255 Å². The number of aromatic nitrogens is 6. The standard InChI is InChI=1S/C30H27F4N7O3S/c1-39-36-17-27(38-39)45(43,44)41(23-8-9-23)24-5-2-19-13-26-18(16-37-40(26)22-6-3-21(31)4-7-22)14-29(19,15-24)28(42)25-12-20(10-11-35-25)30(32,33)34/h3-4,6-7,10-13,16-17,23-24H,2,5,8-9,14-15H2,1H3/t24-,29-/m0/s1. The maximum atomic E-state index is 14.5. The van der Waals surface area contributed by atoms with Crippen molar-refractivity contribution in [3.05, 3.63) is 88.9 Å². The number of carbonyl (C=O) groups excluding carboxylic acids is 1. The summed E-state index contributed by atoms with van der Waals surface area (Å²) in [4.78, 5) is 19.7. The van der Waals surface area contributed by atoms with Crippen molar-refractivity contribution in [1.29, 1.82) is 0 Å². The molecule has 7 rings (SSSR count). The quantitative estimate of drug-likeness (QED) is 0.211. The summed E-state index contributed by atoms with van der Waals surface area (Å²) in [6.45, 7) is 0. The van der Waals surface area contributed by atoms with Gasteiger partial charge in [0, 0.05) is 25.3 Å². The van der Waals surface area contributed by atoms with E-state index in [9.17, 15) is 30.8 Å². The molecule has 2 atom stereocenters. The van der Waals surface area contributed by atoms with Crippen LogP contribution in [0.5, 0.6) is 0 Å². The number of sulfonamides is 1. The van der Waals surface area contributed by atoms with Gasteiger partial charge in [0.05, 0.1) is 34.8 Å². The van der Waals surface area contributed by atoms with Gasteiger partial charge in [-0.3, -0.25) is 9.78 Å². The fraction of sp³-hybridized carbons (Fsp3) is 0.367. The minimum absolute atomic E-state index is 0.0345. The van der Waals surface area contributed by atoms with Crippen molar-refractivity contribution in [1.82, 2.24) is 34.1 Å². The fourth-order valence-corrected chi connectivity index (χ4v) is 8.43. The van der Waals surface area contributed by atoms with E-state index >= 15 is 0 Å². The normalized spacial score (nSPS) is 21.7. The van der Waals surface area contributed by atoms with Crippen LogP contribution in [0.3, 0.4) is 0 Å². The molecule has 2 saturated carbocycles. The smallest absolute Gasteiger partial charge is 0.291 e. The Hall–Kier alpha value is -4.24. The topological polar surface area (TPSA) is 116 Å². The third-order valence-electron chi connectivity index (χ3n) is 8.85. The average Bonchev–Trinajstić information content (AvgIpc) is 3.59. The van der Waals surface area contributed by atoms with Crippen LogP contribution in [0.4, 0.5) is 17.6 Å². The summed E-state index contributed by atoms with van der Waals surface area (Å²) in [7, 11) is -2.58. The van der Waals surface area contributed by atoms with Gasteiger partial charge in [0.25, 0.3) is 10.0 Å². The number of hydrogen-bond donors (Lipinski definition) is 0. The summed E-state index contributed by atoms with van der Waals surface area (Å²) in [5.41, 5.74) is -0.153. The molecule has 15 heteroatoms. The summed E-state index contributed by atoms with van der Waals surface area (Å²) in [6, 6.07) is 6.40. The molecule has 0 bridgehead atoms. The Balaban J connectivity index is 1.33. The van der Waals surface area contributed by atoms with Crippen molar-refractivity contribution in [3.63, 3.8) is 0 Å². The highest BCUT2D eigenvalue weighted by Crippen LogP contribution is 2.52. The van der Waals surface area contributed by atoms with Gasteiger partial charge in [-0.2, -0.15) is 32.5 Å². The summed E-state index contributed by atoms with van der Waals surface area (Å²) < 4.78 is 85.5. The molecule has 45 heavy (non-hydrogen) atoms. The number of aryl methyl sites for hydroxylation is 1. The van der Waals surface area contributed by atoms with E-state index in [0.717, 1.165) is 23.1 Å². The molecule has 2 fully saturated rings. The summed E-state index contributed by atoms with van der Waals surface area (Å²) in [5.74, 6) is -1.02. The van der Waals surface area contributed by atoms with Gasteiger partial charge in [-0.25, -0.2) is 17.5 Å². The zero-order chi connectivity index (χ0) is 31.7. The Morgan fingerprint density at radius 3 is 2.47 bits per heavy atom. The second kappa shape index (κ2) is 10.4. The molecule has 0 aliphatic heterocycles. The van der Waals surface area contributed by atoms with Crippen molar-refractivity contribution >= 4 is 21.9 Å². The van der Waals surface area contributed by atoms with Crippen molar-refractivity contribution in [3.8, 4) is 5.69 Å². The van der Waals surface area contributed by atoms with Gasteiger partial charge in [0.15, 0.2) is 5.78 Å². The Morgan fingerprint density at radius 1 is 1.04 bits per heavy atom. The third kappa shape index (κ3) is 5.07. The van der Waals surface area contributed by atoms with Crippen LogP contribution in [0.1, 0.15) is 59.4 Å². The molecule has 0 amide bonds. The maximum absolute atomic E-state index is 14.5. The highest BCUT2D eigenvalue weighted by Gasteiger charge is 2.54. The van der Waals surface area contributed by atoms with Gasteiger partial charge >= 0.3 is 6.18 Å². The van der Waals surface area contributed by atoms with Gasteiger partial charge in [0.2, 0.25) is 5.03 Å². The first-order valence-corrected chi connectivity index (χ1v) is 15.8. The van der Waals surface area contributed by atoms with Crippen LogP contribution < -0.4 is 0 Å². The van der Waals surface area contributed by atoms with Crippen LogP contribution in [0.2, 0.25) is 0 Å². The molecule has 3 aliphatic rings. The summed E-state index contributed by atoms with van der Waals surface area (Å²) in [6.07, 6.45) is 2.94. The van der Waals surface area contributed by atoms with Crippen molar-refractivity contribution in [2.75, 3.05) is 0 Å². The number of Topliss-reactive ketones (excluding diaryl/α,β-unsaturated/α-hetero) is 1. The molecule has 0 radical (unpaired) electrons. The van der Waals surface area contributed by atoms with Crippen molar-refractivity contribution < 1.29 is 30.8 Å². The number of hydrogen-bond acceptors (Lipinski definition) is 7. The van der Waals surface area contributed by atoms with Crippen molar-refractivity contribution in [2.24, 2.45) is 12.5 Å². The zero-order valence-electron chi connectivity index (χ0n) is 23.9. The molecule has 3 heterocycles. The third-order valence-corrected chi connectivity index (χ3v) is 10.7. The number of rotatable bonds is 7. The molecule has 0 N–H and O–H groups in total. The van der Waals surface area contributed by atoms with Crippen LogP contribution in [0, 0.1) is 11.2 Å². The first-order valence-electron chi connectivity index (χ1n) is 14.4. The first-order chi connectivity index (χ1) is 21.4. The summed E-state index contributed by atoms with van der Waals surface area (Å²) >= 11 is 0. The Bertz CT molecular complexity index is 1950. The van der Waals surface area contributed by atoms with E-state index in [2.05, 4.69) is 20.3 Å². The van der Waals surface area contributed by atoms with E-state index in [1.165, 1.54) is 29.7 Å². The van der Waals surface area contributed by atoms with E-state index in [1.807, 2.05) is 6.08 Å². The zero-order valence-corrected chi connectivity index (χ0v) is 24.8. The molecular formula is C30H27F4N7O3S. The molecular weight excluding hydrogens is 614 g/mol. The Morgan fingerprint density at radius 2 is 1.80 bits per heavy atom. The lowest BCUT2D eigenvalue weighted by Crippen LogP contribution is -2.51. The molecule has 0 spiro atoms. The molecule has 234 valence electrons. The lowest BCUT2D eigenvalue weighted by molar-refractivity contribution is -0.137. The number of nitrogens with zero attached hydrogens (tertiary/aromatic N) is 7. The largest absolute Gasteiger partial charge is 0.416 e. The van der Waals surface area contributed by atoms with E-state index in [4.69, 9.17) is 0 Å². The van der Waals surface area contributed by atoms with Gasteiger partial charge in [0.1, 0.15) is 11.5 Å². The first kappa shape index (κ1) is 29.5. The van der Waals surface area contributed by atoms with Crippen LogP contribution in [0.25, 0.3) is 11.8 Å². The van der Waals surface area contributed by atoms with Gasteiger partial charge in [-0.1, -0.05) is 5.57 Å².